The van der Waals surface area contributed by atoms with Gasteiger partial charge < -0.3 is 9.73 Å². The van der Waals surface area contributed by atoms with Crippen molar-refractivity contribution in [1.82, 2.24) is 5.32 Å². The molecule has 0 fully saturated rings. The topological polar surface area (TPSA) is 25.2 Å². The molecule has 0 saturated carbocycles. The fraction of sp³-hybridized carbons (Fsp3) is 0.429. The quantitative estimate of drug-likeness (QED) is 0.842. The van der Waals surface area contributed by atoms with Crippen molar-refractivity contribution in [1.29, 1.82) is 0 Å². The van der Waals surface area contributed by atoms with Gasteiger partial charge in [-0.2, -0.15) is 0 Å². The molecule has 2 nitrogen and oxygen atoms in total. The molecule has 92 valence electrons. The number of furan rings is 1. The standard InChI is InChI=1S/C14H19NOS/c1-3-12-6-8-17-14(12)13(15-4-2)9-11-5-7-16-10-11/h5-8,10,13,15H,3-4,9H2,1-2H3. The molecule has 0 amide bonds. The molecular formula is C14H19NOS. The third kappa shape index (κ3) is 2.99. The number of likely N-dealkylation sites (N-methyl/N-ethyl adjacent to an activating group) is 1. The van der Waals surface area contributed by atoms with Crippen molar-refractivity contribution in [3.05, 3.63) is 46.0 Å². The Morgan fingerprint density at radius 3 is 2.88 bits per heavy atom. The summed E-state index contributed by atoms with van der Waals surface area (Å²) in [6.45, 7) is 5.36. The SMILES string of the molecule is CCNC(Cc1ccoc1)c1sccc1CC. The van der Waals surface area contributed by atoms with Gasteiger partial charge in [-0.25, -0.2) is 0 Å². The van der Waals surface area contributed by atoms with E-state index in [0.29, 0.717) is 6.04 Å². The van der Waals surface area contributed by atoms with Crippen LogP contribution in [0.25, 0.3) is 0 Å². The van der Waals surface area contributed by atoms with Crippen molar-refractivity contribution >= 4 is 11.3 Å². The maximum absolute atomic E-state index is 5.14. The molecule has 1 atom stereocenters. The Morgan fingerprint density at radius 2 is 2.24 bits per heavy atom. The first kappa shape index (κ1) is 12.4. The predicted octanol–water partition coefficient (Wildman–Crippen LogP) is 3.80. The maximum atomic E-state index is 5.14. The van der Waals surface area contributed by atoms with Gasteiger partial charge in [-0.05, 0) is 48.0 Å². The van der Waals surface area contributed by atoms with E-state index in [9.17, 15) is 0 Å². The number of aryl methyl sites for hydroxylation is 1. The third-order valence-corrected chi connectivity index (χ3v) is 4.02. The van der Waals surface area contributed by atoms with Crippen molar-refractivity contribution in [2.75, 3.05) is 6.54 Å². The van der Waals surface area contributed by atoms with Crippen molar-refractivity contribution < 1.29 is 4.42 Å². The van der Waals surface area contributed by atoms with Gasteiger partial charge in [0.15, 0.2) is 0 Å². The first-order chi connectivity index (χ1) is 8.35. The molecule has 1 unspecified atom stereocenters. The molecule has 1 N–H and O–H groups in total. The largest absolute Gasteiger partial charge is 0.472 e. The summed E-state index contributed by atoms with van der Waals surface area (Å²) >= 11 is 1.85. The number of hydrogen-bond donors (Lipinski definition) is 1. The van der Waals surface area contributed by atoms with E-state index in [-0.39, 0.29) is 0 Å². The Morgan fingerprint density at radius 1 is 1.35 bits per heavy atom. The summed E-state index contributed by atoms with van der Waals surface area (Å²) < 4.78 is 5.14. The molecule has 0 aliphatic carbocycles. The smallest absolute Gasteiger partial charge is 0.0935 e. The van der Waals surface area contributed by atoms with Crippen LogP contribution in [0.3, 0.4) is 0 Å². The Bertz CT molecular complexity index is 433. The van der Waals surface area contributed by atoms with E-state index in [0.717, 1.165) is 19.4 Å². The average molecular weight is 249 g/mol. The van der Waals surface area contributed by atoms with E-state index in [4.69, 9.17) is 4.42 Å². The van der Waals surface area contributed by atoms with Crippen LogP contribution >= 0.6 is 11.3 Å². The van der Waals surface area contributed by atoms with E-state index >= 15 is 0 Å². The summed E-state index contributed by atoms with van der Waals surface area (Å²) in [6.07, 6.45) is 5.68. The Kier molecular flexibility index (Phi) is 4.40. The lowest BCUT2D eigenvalue weighted by molar-refractivity contribution is 0.538. The molecule has 3 heteroatoms. The van der Waals surface area contributed by atoms with Crippen LogP contribution in [-0.4, -0.2) is 6.54 Å². The Balaban J connectivity index is 2.16. The summed E-state index contributed by atoms with van der Waals surface area (Å²) in [5, 5.41) is 5.76. The van der Waals surface area contributed by atoms with Crippen LogP contribution in [-0.2, 0) is 12.8 Å². The Hall–Kier alpha value is -1.06. The second-order valence-corrected chi connectivity index (χ2v) is 5.06. The van der Waals surface area contributed by atoms with Crippen molar-refractivity contribution in [3.8, 4) is 0 Å². The van der Waals surface area contributed by atoms with Crippen LogP contribution in [0, 0.1) is 0 Å². The number of thiophene rings is 1. The molecule has 0 spiro atoms. The fourth-order valence-corrected chi connectivity index (χ4v) is 3.17. The van der Waals surface area contributed by atoms with Gasteiger partial charge in [0.1, 0.15) is 0 Å². The van der Waals surface area contributed by atoms with E-state index in [1.807, 2.05) is 23.7 Å². The van der Waals surface area contributed by atoms with E-state index in [1.54, 1.807) is 6.26 Å². The zero-order valence-corrected chi connectivity index (χ0v) is 11.2. The summed E-state index contributed by atoms with van der Waals surface area (Å²) in [7, 11) is 0. The van der Waals surface area contributed by atoms with Crippen LogP contribution in [0.5, 0.6) is 0 Å². The molecule has 2 aromatic heterocycles. The summed E-state index contributed by atoms with van der Waals surface area (Å²) in [4.78, 5) is 1.47. The van der Waals surface area contributed by atoms with Crippen LogP contribution < -0.4 is 5.32 Å². The van der Waals surface area contributed by atoms with Gasteiger partial charge in [-0.3, -0.25) is 0 Å². The molecule has 0 saturated heterocycles. The highest BCUT2D eigenvalue weighted by Gasteiger charge is 2.16. The highest BCUT2D eigenvalue weighted by molar-refractivity contribution is 7.10. The van der Waals surface area contributed by atoms with Gasteiger partial charge >= 0.3 is 0 Å². The Labute approximate surface area is 107 Å². The van der Waals surface area contributed by atoms with Crippen molar-refractivity contribution in [3.63, 3.8) is 0 Å². The minimum atomic E-state index is 0.410. The summed E-state index contributed by atoms with van der Waals surface area (Å²) in [5.41, 5.74) is 2.72. The van der Waals surface area contributed by atoms with Gasteiger partial charge in [-0.15, -0.1) is 11.3 Å². The third-order valence-electron chi connectivity index (χ3n) is 2.95. The van der Waals surface area contributed by atoms with Gasteiger partial charge in [-0.1, -0.05) is 13.8 Å². The van der Waals surface area contributed by atoms with Crippen LogP contribution in [0.2, 0.25) is 0 Å². The molecule has 0 aliphatic heterocycles. The lowest BCUT2D eigenvalue weighted by Crippen LogP contribution is -2.22. The normalized spacial score (nSPS) is 12.8. The zero-order valence-electron chi connectivity index (χ0n) is 10.4. The average Bonchev–Trinajstić information content (AvgIpc) is 2.98. The summed E-state index contributed by atoms with van der Waals surface area (Å²) in [6, 6.07) is 4.69. The summed E-state index contributed by atoms with van der Waals surface area (Å²) in [5.74, 6) is 0. The van der Waals surface area contributed by atoms with E-state index in [2.05, 4.69) is 30.6 Å². The highest BCUT2D eigenvalue weighted by atomic mass is 32.1. The molecule has 0 radical (unpaired) electrons. The second-order valence-electron chi connectivity index (χ2n) is 4.11. The van der Waals surface area contributed by atoms with Crippen LogP contribution in [0.4, 0.5) is 0 Å². The van der Waals surface area contributed by atoms with Gasteiger partial charge in [0.05, 0.1) is 12.5 Å². The van der Waals surface area contributed by atoms with Crippen molar-refractivity contribution in [2.24, 2.45) is 0 Å². The molecule has 0 bridgehead atoms. The monoisotopic (exact) mass is 249 g/mol. The van der Waals surface area contributed by atoms with Crippen molar-refractivity contribution in [2.45, 2.75) is 32.7 Å². The fourth-order valence-electron chi connectivity index (χ4n) is 2.09. The lowest BCUT2D eigenvalue weighted by atomic mass is 10.0. The minimum Gasteiger partial charge on any atom is -0.472 e. The van der Waals surface area contributed by atoms with Gasteiger partial charge in [0, 0.05) is 10.9 Å². The molecule has 2 rings (SSSR count). The van der Waals surface area contributed by atoms with Crippen LogP contribution in [0.1, 0.15) is 35.9 Å². The first-order valence-corrected chi connectivity index (χ1v) is 7.03. The first-order valence-electron chi connectivity index (χ1n) is 6.15. The van der Waals surface area contributed by atoms with Gasteiger partial charge in [0.2, 0.25) is 0 Å². The zero-order chi connectivity index (χ0) is 12.1. The molecule has 2 heterocycles. The maximum Gasteiger partial charge on any atom is 0.0935 e. The minimum absolute atomic E-state index is 0.410. The van der Waals surface area contributed by atoms with E-state index in [1.165, 1.54) is 16.0 Å². The number of hydrogen-bond acceptors (Lipinski definition) is 3. The second kappa shape index (κ2) is 6.03. The van der Waals surface area contributed by atoms with E-state index < -0.39 is 0 Å². The molecule has 0 aromatic carbocycles. The molecule has 2 aromatic rings. The number of nitrogens with one attached hydrogen (secondary N) is 1. The molecule has 17 heavy (non-hydrogen) atoms. The number of rotatable bonds is 6. The molecule has 0 aliphatic rings. The highest BCUT2D eigenvalue weighted by Crippen LogP contribution is 2.27. The predicted molar refractivity (Wildman–Crippen MR) is 72.5 cm³/mol. The molecular weight excluding hydrogens is 230 g/mol. The van der Waals surface area contributed by atoms with Gasteiger partial charge in [0.25, 0.3) is 0 Å². The lowest BCUT2D eigenvalue weighted by Gasteiger charge is -2.17. The van der Waals surface area contributed by atoms with Crippen LogP contribution in [0.15, 0.2) is 34.5 Å².